The average Bonchev–Trinajstić information content (AvgIpc) is 1.99. The standard InChI is InChI=1S/C9H10ClN/c1-4-8-7(3)11-5-6(2)9(8)10/h4-5H,1H2,2-3H3. The van der Waals surface area contributed by atoms with E-state index < -0.39 is 0 Å². The van der Waals surface area contributed by atoms with Gasteiger partial charge in [0.25, 0.3) is 0 Å². The molecule has 0 unspecified atom stereocenters. The molecule has 0 N–H and O–H groups in total. The monoisotopic (exact) mass is 167 g/mol. The van der Waals surface area contributed by atoms with E-state index in [9.17, 15) is 0 Å². The molecule has 1 heterocycles. The molecule has 1 rings (SSSR count). The van der Waals surface area contributed by atoms with Gasteiger partial charge in [0.2, 0.25) is 0 Å². The van der Waals surface area contributed by atoms with Crippen LogP contribution in [0.1, 0.15) is 16.8 Å². The first kappa shape index (κ1) is 8.28. The topological polar surface area (TPSA) is 12.9 Å². The quantitative estimate of drug-likeness (QED) is 0.627. The lowest BCUT2D eigenvalue weighted by atomic mass is 10.1. The number of hydrogen-bond acceptors (Lipinski definition) is 1. The van der Waals surface area contributed by atoms with Crippen molar-refractivity contribution in [3.63, 3.8) is 0 Å². The fraction of sp³-hybridized carbons (Fsp3) is 0.222. The van der Waals surface area contributed by atoms with Crippen LogP contribution < -0.4 is 0 Å². The maximum absolute atomic E-state index is 5.99. The van der Waals surface area contributed by atoms with Crippen LogP contribution in [0.3, 0.4) is 0 Å². The Bertz CT molecular complexity index is 292. The zero-order chi connectivity index (χ0) is 8.43. The van der Waals surface area contributed by atoms with Gasteiger partial charge in [0.15, 0.2) is 0 Å². The van der Waals surface area contributed by atoms with E-state index in [1.54, 1.807) is 12.3 Å². The molecule has 58 valence electrons. The van der Waals surface area contributed by atoms with Crippen molar-refractivity contribution < 1.29 is 0 Å². The van der Waals surface area contributed by atoms with E-state index in [1.807, 2.05) is 13.8 Å². The normalized spacial score (nSPS) is 9.73. The van der Waals surface area contributed by atoms with Gasteiger partial charge < -0.3 is 0 Å². The summed E-state index contributed by atoms with van der Waals surface area (Å²) >= 11 is 5.99. The van der Waals surface area contributed by atoms with Crippen LogP contribution in [0.4, 0.5) is 0 Å². The van der Waals surface area contributed by atoms with E-state index in [0.29, 0.717) is 0 Å². The van der Waals surface area contributed by atoms with Crippen LogP contribution in [0.5, 0.6) is 0 Å². The van der Waals surface area contributed by atoms with E-state index in [-0.39, 0.29) is 0 Å². The minimum absolute atomic E-state index is 0.757. The van der Waals surface area contributed by atoms with Crippen molar-refractivity contribution in [2.45, 2.75) is 13.8 Å². The Balaban J connectivity index is 3.40. The van der Waals surface area contributed by atoms with Crippen molar-refractivity contribution in [1.82, 2.24) is 4.98 Å². The Hall–Kier alpha value is -0.820. The van der Waals surface area contributed by atoms with Crippen molar-refractivity contribution in [1.29, 1.82) is 0 Å². The molecule has 1 nitrogen and oxygen atoms in total. The van der Waals surface area contributed by atoms with Gasteiger partial charge in [-0.15, -0.1) is 0 Å². The molecule has 0 amide bonds. The van der Waals surface area contributed by atoms with E-state index in [0.717, 1.165) is 21.8 Å². The first-order chi connectivity index (χ1) is 5.16. The number of nitrogens with zero attached hydrogens (tertiary/aromatic N) is 1. The average molecular weight is 168 g/mol. The Kier molecular flexibility index (Phi) is 2.30. The Labute approximate surface area is 71.7 Å². The van der Waals surface area contributed by atoms with Gasteiger partial charge in [-0.05, 0) is 19.4 Å². The summed E-state index contributed by atoms with van der Waals surface area (Å²) in [7, 11) is 0. The van der Waals surface area contributed by atoms with Crippen molar-refractivity contribution >= 4 is 17.7 Å². The molecule has 2 heteroatoms. The molecular formula is C9H10ClN. The second kappa shape index (κ2) is 3.05. The Morgan fingerprint density at radius 2 is 2.18 bits per heavy atom. The van der Waals surface area contributed by atoms with E-state index in [1.165, 1.54) is 0 Å². The highest BCUT2D eigenvalue weighted by Gasteiger charge is 2.03. The number of rotatable bonds is 1. The van der Waals surface area contributed by atoms with Gasteiger partial charge in [0.05, 0.1) is 5.02 Å². The molecular weight excluding hydrogens is 158 g/mol. The number of halogens is 1. The van der Waals surface area contributed by atoms with Crippen molar-refractivity contribution in [2.24, 2.45) is 0 Å². The lowest BCUT2D eigenvalue weighted by Crippen LogP contribution is -1.89. The molecule has 0 aliphatic heterocycles. The van der Waals surface area contributed by atoms with Gasteiger partial charge in [-0.2, -0.15) is 0 Å². The zero-order valence-corrected chi connectivity index (χ0v) is 7.44. The molecule has 0 radical (unpaired) electrons. The predicted molar refractivity (Wildman–Crippen MR) is 48.8 cm³/mol. The minimum atomic E-state index is 0.757. The van der Waals surface area contributed by atoms with Crippen molar-refractivity contribution in [3.8, 4) is 0 Å². The SMILES string of the molecule is C=Cc1c(C)ncc(C)c1Cl. The van der Waals surface area contributed by atoms with Crippen LogP contribution in [0.2, 0.25) is 5.02 Å². The molecule has 0 bridgehead atoms. The second-order valence-corrected chi connectivity index (χ2v) is 2.84. The van der Waals surface area contributed by atoms with Gasteiger partial charge in [-0.3, -0.25) is 4.98 Å². The summed E-state index contributed by atoms with van der Waals surface area (Å²) in [5.41, 5.74) is 2.86. The van der Waals surface area contributed by atoms with Crippen LogP contribution in [0, 0.1) is 13.8 Å². The van der Waals surface area contributed by atoms with Crippen LogP contribution in [-0.2, 0) is 0 Å². The summed E-state index contributed by atoms with van der Waals surface area (Å²) in [5, 5.41) is 0.757. The summed E-state index contributed by atoms with van der Waals surface area (Å²) < 4.78 is 0. The summed E-state index contributed by atoms with van der Waals surface area (Å²) in [4.78, 5) is 4.15. The summed E-state index contributed by atoms with van der Waals surface area (Å²) in [5.74, 6) is 0. The van der Waals surface area contributed by atoms with E-state index in [2.05, 4.69) is 11.6 Å². The van der Waals surface area contributed by atoms with Crippen LogP contribution in [0.15, 0.2) is 12.8 Å². The second-order valence-electron chi connectivity index (χ2n) is 2.46. The van der Waals surface area contributed by atoms with Gasteiger partial charge >= 0.3 is 0 Å². The third-order valence-electron chi connectivity index (χ3n) is 1.63. The smallest absolute Gasteiger partial charge is 0.0540 e. The maximum Gasteiger partial charge on any atom is 0.0540 e. The molecule has 0 aliphatic carbocycles. The van der Waals surface area contributed by atoms with Gasteiger partial charge in [-0.1, -0.05) is 24.3 Å². The first-order valence-electron chi connectivity index (χ1n) is 3.41. The fourth-order valence-corrected chi connectivity index (χ4v) is 1.19. The highest BCUT2D eigenvalue weighted by molar-refractivity contribution is 6.32. The third-order valence-corrected chi connectivity index (χ3v) is 2.13. The lowest BCUT2D eigenvalue weighted by molar-refractivity contribution is 1.16. The molecule has 11 heavy (non-hydrogen) atoms. The molecule has 0 saturated carbocycles. The van der Waals surface area contributed by atoms with Crippen LogP contribution in [-0.4, -0.2) is 4.98 Å². The van der Waals surface area contributed by atoms with Crippen molar-refractivity contribution in [3.05, 3.63) is 34.6 Å². The molecule has 0 atom stereocenters. The van der Waals surface area contributed by atoms with Crippen LogP contribution in [0.25, 0.3) is 6.08 Å². The third kappa shape index (κ3) is 1.43. The van der Waals surface area contributed by atoms with Gasteiger partial charge in [-0.25, -0.2) is 0 Å². The lowest BCUT2D eigenvalue weighted by Gasteiger charge is -2.03. The number of hydrogen-bond donors (Lipinski definition) is 0. The first-order valence-corrected chi connectivity index (χ1v) is 3.78. The number of aromatic nitrogens is 1. The predicted octanol–water partition coefficient (Wildman–Crippen LogP) is 2.99. The highest BCUT2D eigenvalue weighted by Crippen LogP contribution is 2.22. The van der Waals surface area contributed by atoms with Crippen molar-refractivity contribution in [2.75, 3.05) is 0 Å². The molecule has 0 spiro atoms. The van der Waals surface area contributed by atoms with E-state index >= 15 is 0 Å². The van der Waals surface area contributed by atoms with Crippen LogP contribution >= 0.6 is 11.6 Å². The molecule has 1 aromatic rings. The zero-order valence-electron chi connectivity index (χ0n) is 6.69. The molecule has 0 aromatic carbocycles. The van der Waals surface area contributed by atoms with E-state index in [4.69, 9.17) is 11.6 Å². The Morgan fingerprint density at radius 1 is 1.55 bits per heavy atom. The summed E-state index contributed by atoms with van der Waals surface area (Å²) in [6.07, 6.45) is 3.50. The largest absolute Gasteiger partial charge is 0.261 e. The molecule has 0 saturated heterocycles. The minimum Gasteiger partial charge on any atom is -0.261 e. The number of aryl methyl sites for hydroxylation is 2. The molecule has 0 aliphatic rings. The molecule has 0 fully saturated rings. The highest BCUT2D eigenvalue weighted by atomic mass is 35.5. The number of pyridine rings is 1. The fourth-order valence-electron chi connectivity index (χ4n) is 0.928. The van der Waals surface area contributed by atoms with Gasteiger partial charge in [0, 0.05) is 17.5 Å². The Morgan fingerprint density at radius 3 is 2.64 bits per heavy atom. The van der Waals surface area contributed by atoms with Gasteiger partial charge in [0.1, 0.15) is 0 Å². The summed E-state index contributed by atoms with van der Waals surface area (Å²) in [6, 6.07) is 0. The maximum atomic E-state index is 5.99. The summed E-state index contributed by atoms with van der Waals surface area (Å²) in [6.45, 7) is 7.52. The molecule has 1 aromatic heterocycles.